The van der Waals surface area contributed by atoms with Crippen molar-refractivity contribution >= 4 is 15.8 Å². The van der Waals surface area contributed by atoms with E-state index in [4.69, 9.17) is 4.74 Å². The number of benzene rings is 1. The molecule has 0 aliphatic carbocycles. The molecule has 1 rings (SSSR count). The number of aliphatic imine (C=N–C) groups is 1. The number of nitrogens with zero attached hydrogens (tertiary/aromatic N) is 1. The molecule has 0 heterocycles. The fourth-order valence-electron chi connectivity index (χ4n) is 2.23. The lowest BCUT2D eigenvalue weighted by Gasteiger charge is -2.17. The van der Waals surface area contributed by atoms with Crippen LogP contribution in [-0.2, 0) is 16.4 Å². The molecule has 2 N–H and O–H groups in total. The zero-order valence-corrected chi connectivity index (χ0v) is 16.0. The second-order valence-corrected chi connectivity index (χ2v) is 8.22. The first kappa shape index (κ1) is 20.3. The predicted molar refractivity (Wildman–Crippen MR) is 99.5 cm³/mol. The van der Waals surface area contributed by atoms with Crippen LogP contribution in [0.2, 0.25) is 0 Å². The van der Waals surface area contributed by atoms with Gasteiger partial charge in [-0.1, -0.05) is 12.1 Å². The Hall–Kier alpha value is -1.76. The quantitative estimate of drug-likeness (QED) is 0.550. The van der Waals surface area contributed by atoms with E-state index < -0.39 is 9.84 Å². The van der Waals surface area contributed by atoms with Crippen molar-refractivity contribution in [2.24, 2.45) is 4.99 Å². The first-order valence-electron chi connectivity index (χ1n) is 8.11. The number of hydrogen-bond donors (Lipinski definition) is 2. The monoisotopic (exact) mass is 355 g/mol. The molecule has 1 aromatic carbocycles. The van der Waals surface area contributed by atoms with Gasteiger partial charge in [0.25, 0.3) is 0 Å². The van der Waals surface area contributed by atoms with Crippen molar-refractivity contribution in [3.63, 3.8) is 0 Å². The van der Waals surface area contributed by atoms with E-state index >= 15 is 0 Å². The van der Waals surface area contributed by atoms with Crippen LogP contribution in [0, 0.1) is 6.92 Å². The molecule has 7 heteroatoms. The standard InChI is InChI=1S/C17H29N3O3S/c1-6-18-17(20-14(3)9-10-24(5,21)22)19-12-15-7-8-16(23-4)13(2)11-15/h7-8,11,14H,6,9-10,12H2,1-5H3,(H2,18,19,20). The molecule has 1 unspecified atom stereocenters. The van der Waals surface area contributed by atoms with Crippen LogP contribution in [0.1, 0.15) is 31.4 Å². The highest BCUT2D eigenvalue weighted by atomic mass is 32.2. The summed E-state index contributed by atoms with van der Waals surface area (Å²) in [5.74, 6) is 1.72. The minimum absolute atomic E-state index is 0.0233. The van der Waals surface area contributed by atoms with Crippen LogP contribution in [-0.4, -0.2) is 46.1 Å². The third kappa shape index (κ3) is 7.68. The molecule has 0 saturated carbocycles. The Balaban J connectivity index is 2.69. The van der Waals surface area contributed by atoms with Crippen molar-refractivity contribution < 1.29 is 13.2 Å². The minimum atomic E-state index is -2.95. The Bertz CT molecular complexity index is 657. The van der Waals surface area contributed by atoms with Crippen LogP contribution in [0.4, 0.5) is 0 Å². The van der Waals surface area contributed by atoms with Crippen molar-refractivity contribution in [3.8, 4) is 5.75 Å². The highest BCUT2D eigenvalue weighted by molar-refractivity contribution is 7.90. The number of ether oxygens (including phenoxy) is 1. The Labute approximate surface area is 145 Å². The number of guanidine groups is 1. The Morgan fingerprint density at radius 3 is 2.62 bits per heavy atom. The third-order valence-corrected chi connectivity index (χ3v) is 4.51. The summed E-state index contributed by atoms with van der Waals surface area (Å²) in [6.07, 6.45) is 1.80. The Morgan fingerprint density at radius 2 is 2.08 bits per heavy atom. The summed E-state index contributed by atoms with van der Waals surface area (Å²) in [7, 11) is -1.29. The smallest absolute Gasteiger partial charge is 0.191 e. The molecule has 24 heavy (non-hydrogen) atoms. The SMILES string of the molecule is CCNC(=NCc1ccc(OC)c(C)c1)NC(C)CCS(C)(=O)=O. The number of nitrogens with one attached hydrogen (secondary N) is 2. The highest BCUT2D eigenvalue weighted by Crippen LogP contribution is 2.18. The van der Waals surface area contributed by atoms with Gasteiger partial charge in [0.2, 0.25) is 0 Å². The fourth-order valence-corrected chi connectivity index (χ4v) is 3.01. The zero-order valence-electron chi connectivity index (χ0n) is 15.2. The van der Waals surface area contributed by atoms with Crippen LogP contribution in [0.15, 0.2) is 23.2 Å². The molecule has 0 bridgehead atoms. The van der Waals surface area contributed by atoms with Gasteiger partial charge in [-0.15, -0.1) is 0 Å². The van der Waals surface area contributed by atoms with Crippen molar-refractivity contribution in [1.82, 2.24) is 10.6 Å². The molecule has 0 aliphatic rings. The minimum Gasteiger partial charge on any atom is -0.496 e. The van der Waals surface area contributed by atoms with Crippen LogP contribution < -0.4 is 15.4 Å². The van der Waals surface area contributed by atoms with Crippen LogP contribution in [0.3, 0.4) is 0 Å². The van der Waals surface area contributed by atoms with E-state index in [9.17, 15) is 8.42 Å². The third-order valence-electron chi connectivity index (χ3n) is 3.53. The van der Waals surface area contributed by atoms with Gasteiger partial charge in [-0.05, 0) is 44.4 Å². The predicted octanol–water partition coefficient (Wildman–Crippen LogP) is 1.88. The summed E-state index contributed by atoms with van der Waals surface area (Å²) in [5.41, 5.74) is 2.17. The van der Waals surface area contributed by atoms with Gasteiger partial charge in [0.15, 0.2) is 5.96 Å². The van der Waals surface area contributed by atoms with E-state index in [1.807, 2.05) is 32.9 Å². The maximum Gasteiger partial charge on any atom is 0.191 e. The summed E-state index contributed by atoms with van der Waals surface area (Å²) in [6.45, 7) is 7.24. The lowest BCUT2D eigenvalue weighted by atomic mass is 10.1. The molecule has 0 aromatic heterocycles. The number of sulfone groups is 1. The van der Waals surface area contributed by atoms with Crippen molar-refractivity contribution in [1.29, 1.82) is 0 Å². The second kappa shape index (κ2) is 9.52. The van der Waals surface area contributed by atoms with Gasteiger partial charge in [0.05, 0.1) is 19.4 Å². The van der Waals surface area contributed by atoms with Crippen LogP contribution in [0.5, 0.6) is 5.75 Å². The lowest BCUT2D eigenvalue weighted by Crippen LogP contribution is -2.42. The molecule has 6 nitrogen and oxygen atoms in total. The van der Waals surface area contributed by atoms with Gasteiger partial charge >= 0.3 is 0 Å². The molecular formula is C17H29N3O3S. The van der Waals surface area contributed by atoms with Gasteiger partial charge in [0.1, 0.15) is 15.6 Å². The first-order valence-corrected chi connectivity index (χ1v) is 10.2. The molecule has 136 valence electrons. The highest BCUT2D eigenvalue weighted by Gasteiger charge is 2.09. The van der Waals surface area contributed by atoms with Crippen LogP contribution >= 0.6 is 0 Å². The van der Waals surface area contributed by atoms with Crippen molar-refractivity contribution in [2.45, 2.75) is 39.8 Å². The van der Waals surface area contributed by atoms with E-state index in [-0.39, 0.29) is 11.8 Å². The summed E-state index contributed by atoms with van der Waals surface area (Å²) < 4.78 is 27.8. The van der Waals surface area contributed by atoms with Gasteiger partial charge < -0.3 is 15.4 Å². The van der Waals surface area contributed by atoms with E-state index in [0.29, 0.717) is 18.9 Å². The molecule has 0 fully saturated rings. The number of aryl methyl sites for hydroxylation is 1. The fraction of sp³-hybridized carbons (Fsp3) is 0.588. The van der Waals surface area contributed by atoms with Gasteiger partial charge in [-0.25, -0.2) is 13.4 Å². The summed E-state index contributed by atoms with van der Waals surface area (Å²) in [4.78, 5) is 4.57. The largest absolute Gasteiger partial charge is 0.496 e. The molecule has 0 amide bonds. The van der Waals surface area contributed by atoms with E-state index in [1.54, 1.807) is 7.11 Å². The van der Waals surface area contributed by atoms with Gasteiger partial charge in [0, 0.05) is 18.8 Å². The molecule has 0 radical (unpaired) electrons. The Kier molecular flexibility index (Phi) is 8.04. The van der Waals surface area contributed by atoms with Gasteiger partial charge in [-0.2, -0.15) is 0 Å². The van der Waals surface area contributed by atoms with E-state index in [0.717, 1.165) is 23.4 Å². The number of rotatable bonds is 8. The zero-order chi connectivity index (χ0) is 18.2. The molecule has 1 atom stereocenters. The molecule has 1 aromatic rings. The van der Waals surface area contributed by atoms with E-state index in [1.165, 1.54) is 6.26 Å². The van der Waals surface area contributed by atoms with Crippen molar-refractivity contribution in [3.05, 3.63) is 29.3 Å². The average molecular weight is 356 g/mol. The Morgan fingerprint density at radius 1 is 1.38 bits per heavy atom. The summed E-state index contributed by atoms with van der Waals surface area (Å²) >= 11 is 0. The van der Waals surface area contributed by atoms with E-state index in [2.05, 4.69) is 21.7 Å². The summed E-state index contributed by atoms with van der Waals surface area (Å²) in [5, 5.41) is 6.43. The van der Waals surface area contributed by atoms with Crippen molar-refractivity contribution in [2.75, 3.05) is 25.7 Å². The summed E-state index contributed by atoms with van der Waals surface area (Å²) in [6, 6.07) is 6.01. The second-order valence-electron chi connectivity index (χ2n) is 5.96. The lowest BCUT2D eigenvalue weighted by molar-refractivity contribution is 0.411. The van der Waals surface area contributed by atoms with Crippen LogP contribution in [0.25, 0.3) is 0 Å². The number of hydrogen-bond acceptors (Lipinski definition) is 4. The average Bonchev–Trinajstić information content (AvgIpc) is 2.50. The normalized spacial score (nSPS) is 13.5. The molecule has 0 spiro atoms. The molecular weight excluding hydrogens is 326 g/mol. The maximum atomic E-state index is 11.3. The number of methoxy groups -OCH3 is 1. The first-order chi connectivity index (χ1) is 11.2. The topological polar surface area (TPSA) is 79.8 Å². The molecule has 0 aliphatic heterocycles. The maximum absolute atomic E-state index is 11.3. The molecule has 0 saturated heterocycles. The van der Waals surface area contributed by atoms with Gasteiger partial charge in [-0.3, -0.25) is 0 Å².